The van der Waals surface area contributed by atoms with E-state index >= 15 is 0 Å². The number of guanidine groups is 1. The molecule has 2 saturated heterocycles. The molecule has 2 fully saturated rings. The molecule has 1 atom stereocenters. The highest BCUT2D eigenvalue weighted by Crippen LogP contribution is 2.19. The largest absolute Gasteiger partial charge is 0.370 e. The zero-order chi connectivity index (χ0) is 14.5. The summed E-state index contributed by atoms with van der Waals surface area (Å²) in [4.78, 5) is 9.52. The van der Waals surface area contributed by atoms with Gasteiger partial charge in [0.25, 0.3) is 0 Å². The van der Waals surface area contributed by atoms with E-state index in [9.17, 15) is 0 Å². The first-order valence-electron chi connectivity index (χ1n) is 8.35. The average molecular weight is 280 g/mol. The van der Waals surface area contributed by atoms with Crippen molar-refractivity contribution in [3.05, 3.63) is 0 Å². The molecule has 0 spiro atoms. The van der Waals surface area contributed by atoms with E-state index in [0.29, 0.717) is 12.0 Å². The SMILES string of the molecule is CC1CCN(C(N)=NC[C@H]2CCCN(C(C)C)C2)CC1. The maximum Gasteiger partial charge on any atom is 0.191 e. The molecule has 0 aliphatic carbocycles. The summed E-state index contributed by atoms with van der Waals surface area (Å²) < 4.78 is 0. The molecule has 0 aromatic rings. The van der Waals surface area contributed by atoms with Crippen LogP contribution in [0.2, 0.25) is 0 Å². The molecule has 116 valence electrons. The lowest BCUT2D eigenvalue weighted by Crippen LogP contribution is -2.44. The van der Waals surface area contributed by atoms with Crippen LogP contribution in [0.3, 0.4) is 0 Å². The third kappa shape index (κ3) is 4.37. The Morgan fingerprint density at radius 2 is 1.90 bits per heavy atom. The van der Waals surface area contributed by atoms with E-state index in [1.54, 1.807) is 0 Å². The minimum absolute atomic E-state index is 0.655. The fraction of sp³-hybridized carbons (Fsp3) is 0.938. The number of hydrogen-bond donors (Lipinski definition) is 1. The summed E-state index contributed by atoms with van der Waals surface area (Å²) in [5.74, 6) is 2.31. The summed E-state index contributed by atoms with van der Waals surface area (Å²) in [6, 6.07) is 0.655. The summed E-state index contributed by atoms with van der Waals surface area (Å²) >= 11 is 0. The molecule has 2 aliphatic rings. The van der Waals surface area contributed by atoms with E-state index in [-0.39, 0.29) is 0 Å². The standard InChI is InChI=1S/C16H32N4/c1-13(2)20-8-4-5-15(12-20)11-18-16(17)19-9-6-14(3)7-10-19/h13-15H,4-12H2,1-3H3,(H2,17,18)/t15-/m1/s1. The van der Waals surface area contributed by atoms with Crippen LogP contribution in [0.4, 0.5) is 0 Å². The van der Waals surface area contributed by atoms with Gasteiger partial charge in [-0.25, -0.2) is 0 Å². The Kier molecular flexibility index (Phi) is 5.70. The van der Waals surface area contributed by atoms with E-state index in [2.05, 4.69) is 35.6 Å². The molecule has 0 aromatic carbocycles. The summed E-state index contributed by atoms with van der Waals surface area (Å²) in [6.45, 7) is 12.4. The summed E-state index contributed by atoms with van der Waals surface area (Å²) in [5, 5.41) is 0. The van der Waals surface area contributed by atoms with Crippen molar-refractivity contribution < 1.29 is 0 Å². The van der Waals surface area contributed by atoms with Gasteiger partial charge in [-0.3, -0.25) is 4.99 Å². The van der Waals surface area contributed by atoms with E-state index < -0.39 is 0 Å². The topological polar surface area (TPSA) is 44.9 Å². The fourth-order valence-electron chi connectivity index (χ4n) is 3.28. The van der Waals surface area contributed by atoms with E-state index in [1.165, 1.54) is 38.8 Å². The highest BCUT2D eigenvalue weighted by atomic mass is 15.3. The second kappa shape index (κ2) is 7.30. The number of rotatable bonds is 3. The predicted molar refractivity (Wildman–Crippen MR) is 85.9 cm³/mol. The quantitative estimate of drug-likeness (QED) is 0.636. The fourth-order valence-corrected chi connectivity index (χ4v) is 3.28. The van der Waals surface area contributed by atoms with Crippen LogP contribution in [0.1, 0.15) is 46.5 Å². The predicted octanol–water partition coefficient (Wildman–Crippen LogP) is 2.15. The highest BCUT2D eigenvalue weighted by molar-refractivity contribution is 5.78. The van der Waals surface area contributed by atoms with Crippen LogP contribution in [-0.2, 0) is 0 Å². The van der Waals surface area contributed by atoms with Crippen molar-refractivity contribution in [1.29, 1.82) is 0 Å². The zero-order valence-corrected chi connectivity index (χ0v) is 13.5. The van der Waals surface area contributed by atoms with Crippen LogP contribution in [0.25, 0.3) is 0 Å². The maximum absolute atomic E-state index is 6.17. The Balaban J connectivity index is 1.79. The molecule has 4 nitrogen and oxygen atoms in total. The van der Waals surface area contributed by atoms with Crippen LogP contribution < -0.4 is 5.73 Å². The normalized spacial score (nSPS) is 27.3. The van der Waals surface area contributed by atoms with Crippen LogP contribution >= 0.6 is 0 Å². The second-order valence-electron chi connectivity index (χ2n) is 6.97. The molecular formula is C16H32N4. The van der Waals surface area contributed by atoms with E-state index in [0.717, 1.165) is 31.5 Å². The summed E-state index contributed by atoms with van der Waals surface area (Å²) in [5.41, 5.74) is 6.17. The van der Waals surface area contributed by atoms with Gasteiger partial charge in [-0.2, -0.15) is 0 Å². The van der Waals surface area contributed by atoms with Crippen molar-refractivity contribution in [2.75, 3.05) is 32.7 Å². The zero-order valence-electron chi connectivity index (χ0n) is 13.5. The molecule has 20 heavy (non-hydrogen) atoms. The molecule has 0 amide bonds. The first kappa shape index (κ1) is 15.6. The lowest BCUT2D eigenvalue weighted by atomic mass is 9.97. The lowest BCUT2D eigenvalue weighted by Gasteiger charge is -2.35. The lowest BCUT2D eigenvalue weighted by molar-refractivity contribution is 0.143. The minimum Gasteiger partial charge on any atom is -0.370 e. The van der Waals surface area contributed by atoms with E-state index in [4.69, 9.17) is 5.73 Å². The van der Waals surface area contributed by atoms with Crippen molar-refractivity contribution in [1.82, 2.24) is 9.80 Å². The number of likely N-dealkylation sites (tertiary alicyclic amines) is 2. The van der Waals surface area contributed by atoms with E-state index in [1.807, 2.05) is 0 Å². The Hall–Kier alpha value is -0.770. The highest BCUT2D eigenvalue weighted by Gasteiger charge is 2.22. The second-order valence-corrected chi connectivity index (χ2v) is 6.97. The maximum atomic E-state index is 6.17. The van der Waals surface area contributed by atoms with Gasteiger partial charge in [0.05, 0.1) is 0 Å². The minimum atomic E-state index is 0.655. The molecule has 0 radical (unpaired) electrons. The van der Waals surface area contributed by atoms with Gasteiger partial charge in [0.15, 0.2) is 5.96 Å². The molecule has 0 saturated carbocycles. The van der Waals surface area contributed by atoms with Crippen molar-refractivity contribution in [3.63, 3.8) is 0 Å². The first-order chi connectivity index (χ1) is 9.56. The van der Waals surface area contributed by atoms with Gasteiger partial charge in [0, 0.05) is 32.2 Å². The monoisotopic (exact) mass is 280 g/mol. The van der Waals surface area contributed by atoms with Crippen LogP contribution in [0.15, 0.2) is 4.99 Å². The number of piperidine rings is 2. The van der Waals surface area contributed by atoms with Gasteiger partial charge in [0.1, 0.15) is 0 Å². The molecule has 2 N–H and O–H groups in total. The smallest absolute Gasteiger partial charge is 0.191 e. The van der Waals surface area contributed by atoms with Crippen LogP contribution in [-0.4, -0.2) is 54.5 Å². The number of aliphatic imine (C=N–C) groups is 1. The molecule has 0 unspecified atom stereocenters. The molecular weight excluding hydrogens is 248 g/mol. The van der Waals surface area contributed by atoms with Gasteiger partial charge >= 0.3 is 0 Å². The van der Waals surface area contributed by atoms with Gasteiger partial charge < -0.3 is 15.5 Å². The Morgan fingerprint density at radius 3 is 2.55 bits per heavy atom. The molecule has 0 aromatic heterocycles. The van der Waals surface area contributed by atoms with Gasteiger partial charge in [-0.15, -0.1) is 0 Å². The molecule has 2 heterocycles. The van der Waals surface area contributed by atoms with Crippen LogP contribution in [0, 0.1) is 11.8 Å². The van der Waals surface area contributed by atoms with Gasteiger partial charge in [-0.1, -0.05) is 6.92 Å². The van der Waals surface area contributed by atoms with Crippen molar-refractivity contribution >= 4 is 5.96 Å². The van der Waals surface area contributed by atoms with Crippen molar-refractivity contribution in [2.24, 2.45) is 22.6 Å². The van der Waals surface area contributed by atoms with Gasteiger partial charge in [0.2, 0.25) is 0 Å². The molecule has 2 rings (SSSR count). The van der Waals surface area contributed by atoms with Gasteiger partial charge in [-0.05, 0) is 57.9 Å². The van der Waals surface area contributed by atoms with Crippen molar-refractivity contribution in [3.8, 4) is 0 Å². The Bertz CT molecular complexity index is 318. The third-order valence-electron chi connectivity index (χ3n) is 4.90. The number of nitrogens with zero attached hydrogens (tertiary/aromatic N) is 3. The number of nitrogens with two attached hydrogens (primary N) is 1. The molecule has 4 heteroatoms. The summed E-state index contributed by atoms with van der Waals surface area (Å²) in [6.07, 6.45) is 5.11. The van der Waals surface area contributed by atoms with Crippen molar-refractivity contribution in [2.45, 2.75) is 52.5 Å². The first-order valence-corrected chi connectivity index (χ1v) is 8.35. The molecule has 0 bridgehead atoms. The summed E-state index contributed by atoms with van der Waals surface area (Å²) in [7, 11) is 0. The Labute approximate surface area is 124 Å². The number of hydrogen-bond acceptors (Lipinski definition) is 2. The average Bonchev–Trinajstić information content (AvgIpc) is 2.46. The van der Waals surface area contributed by atoms with Crippen LogP contribution in [0.5, 0.6) is 0 Å². The molecule has 2 aliphatic heterocycles. The Morgan fingerprint density at radius 1 is 1.20 bits per heavy atom. The third-order valence-corrected chi connectivity index (χ3v) is 4.90.